The second-order valence-electron chi connectivity index (χ2n) is 6.13. The SMILES string of the molecule is CCCc1ccc2ccccc2c1-c1ccc2ccccc2c1. The Morgan fingerprint density at radius 3 is 2.17 bits per heavy atom. The quantitative estimate of drug-likeness (QED) is 0.399. The molecule has 4 rings (SSSR count). The molecule has 0 aromatic heterocycles. The number of hydrogen-bond donors (Lipinski definition) is 0. The average Bonchev–Trinajstić information content (AvgIpc) is 2.61. The summed E-state index contributed by atoms with van der Waals surface area (Å²) in [5.74, 6) is 0. The van der Waals surface area contributed by atoms with Crippen molar-refractivity contribution in [1.82, 2.24) is 0 Å². The summed E-state index contributed by atoms with van der Waals surface area (Å²) < 4.78 is 0. The lowest BCUT2D eigenvalue weighted by Gasteiger charge is -2.14. The van der Waals surface area contributed by atoms with Gasteiger partial charge < -0.3 is 0 Å². The number of aryl methyl sites for hydroxylation is 1. The Hall–Kier alpha value is -2.60. The smallest absolute Gasteiger partial charge is 0.00731 e. The van der Waals surface area contributed by atoms with Gasteiger partial charge in [-0.2, -0.15) is 0 Å². The van der Waals surface area contributed by atoms with Crippen molar-refractivity contribution >= 4 is 21.5 Å². The first-order valence-corrected chi connectivity index (χ1v) is 8.36. The van der Waals surface area contributed by atoms with Crippen molar-refractivity contribution in [3.8, 4) is 11.1 Å². The molecule has 0 heteroatoms. The van der Waals surface area contributed by atoms with Gasteiger partial charge in [-0.3, -0.25) is 0 Å². The maximum absolute atomic E-state index is 2.33. The van der Waals surface area contributed by atoms with Crippen LogP contribution in [0.1, 0.15) is 18.9 Å². The molecular weight excluding hydrogens is 276 g/mol. The van der Waals surface area contributed by atoms with Gasteiger partial charge >= 0.3 is 0 Å². The van der Waals surface area contributed by atoms with Gasteiger partial charge in [0.2, 0.25) is 0 Å². The van der Waals surface area contributed by atoms with Gasteiger partial charge in [0.15, 0.2) is 0 Å². The molecule has 0 aliphatic heterocycles. The van der Waals surface area contributed by atoms with Crippen LogP contribution in [0.15, 0.2) is 78.9 Å². The molecule has 0 saturated carbocycles. The van der Waals surface area contributed by atoms with E-state index < -0.39 is 0 Å². The van der Waals surface area contributed by atoms with E-state index in [4.69, 9.17) is 0 Å². The van der Waals surface area contributed by atoms with E-state index in [0.29, 0.717) is 0 Å². The van der Waals surface area contributed by atoms with E-state index in [-0.39, 0.29) is 0 Å². The molecule has 0 aliphatic rings. The van der Waals surface area contributed by atoms with E-state index in [1.54, 1.807) is 0 Å². The monoisotopic (exact) mass is 296 g/mol. The summed E-state index contributed by atoms with van der Waals surface area (Å²) >= 11 is 0. The van der Waals surface area contributed by atoms with Crippen LogP contribution in [0.3, 0.4) is 0 Å². The van der Waals surface area contributed by atoms with E-state index >= 15 is 0 Å². The second-order valence-corrected chi connectivity index (χ2v) is 6.13. The maximum Gasteiger partial charge on any atom is -0.00731 e. The molecule has 112 valence electrons. The summed E-state index contributed by atoms with van der Waals surface area (Å²) in [6.45, 7) is 2.25. The van der Waals surface area contributed by atoms with Crippen LogP contribution in [0, 0.1) is 0 Å². The fraction of sp³-hybridized carbons (Fsp3) is 0.130. The first-order chi connectivity index (χ1) is 11.4. The van der Waals surface area contributed by atoms with Crippen LogP contribution in [0.2, 0.25) is 0 Å². The van der Waals surface area contributed by atoms with Crippen molar-refractivity contribution in [2.75, 3.05) is 0 Å². The topological polar surface area (TPSA) is 0 Å². The van der Waals surface area contributed by atoms with Gasteiger partial charge in [-0.25, -0.2) is 0 Å². The molecule has 0 heterocycles. The first-order valence-electron chi connectivity index (χ1n) is 8.36. The van der Waals surface area contributed by atoms with Crippen molar-refractivity contribution in [1.29, 1.82) is 0 Å². The van der Waals surface area contributed by atoms with Gasteiger partial charge in [0.1, 0.15) is 0 Å². The number of fused-ring (bicyclic) bond motifs is 2. The van der Waals surface area contributed by atoms with Gasteiger partial charge in [0.05, 0.1) is 0 Å². The number of rotatable bonds is 3. The zero-order chi connectivity index (χ0) is 15.6. The Kier molecular flexibility index (Phi) is 3.59. The van der Waals surface area contributed by atoms with Crippen LogP contribution in [0.5, 0.6) is 0 Å². The Morgan fingerprint density at radius 1 is 0.652 bits per heavy atom. The minimum atomic E-state index is 1.12. The molecule has 0 atom stereocenters. The zero-order valence-corrected chi connectivity index (χ0v) is 13.4. The van der Waals surface area contributed by atoms with E-state index in [1.165, 1.54) is 44.7 Å². The van der Waals surface area contributed by atoms with Crippen LogP contribution in [-0.4, -0.2) is 0 Å². The second kappa shape index (κ2) is 5.89. The lowest BCUT2D eigenvalue weighted by atomic mass is 9.90. The van der Waals surface area contributed by atoms with Gasteiger partial charge in [0.25, 0.3) is 0 Å². The lowest BCUT2D eigenvalue weighted by Crippen LogP contribution is -1.91. The van der Waals surface area contributed by atoms with E-state index in [1.807, 2.05) is 0 Å². The highest BCUT2D eigenvalue weighted by atomic mass is 14.1. The molecule has 4 aromatic carbocycles. The van der Waals surface area contributed by atoms with Crippen LogP contribution >= 0.6 is 0 Å². The summed E-state index contributed by atoms with van der Waals surface area (Å²) in [5.41, 5.74) is 4.17. The minimum absolute atomic E-state index is 1.12. The predicted molar refractivity (Wildman–Crippen MR) is 101 cm³/mol. The van der Waals surface area contributed by atoms with Gasteiger partial charge in [-0.1, -0.05) is 86.1 Å². The molecule has 0 bridgehead atoms. The molecule has 4 aromatic rings. The van der Waals surface area contributed by atoms with Crippen molar-refractivity contribution in [3.63, 3.8) is 0 Å². The average molecular weight is 296 g/mol. The van der Waals surface area contributed by atoms with E-state index in [0.717, 1.165) is 6.42 Å². The van der Waals surface area contributed by atoms with Crippen LogP contribution in [0.25, 0.3) is 32.7 Å². The van der Waals surface area contributed by atoms with Gasteiger partial charge in [0, 0.05) is 0 Å². The molecule has 0 unspecified atom stereocenters. The fourth-order valence-electron chi connectivity index (χ4n) is 3.48. The molecule has 0 spiro atoms. The van der Waals surface area contributed by atoms with E-state index in [2.05, 4.69) is 85.8 Å². The Morgan fingerprint density at radius 2 is 1.35 bits per heavy atom. The van der Waals surface area contributed by atoms with Crippen molar-refractivity contribution in [3.05, 3.63) is 84.4 Å². The molecule has 0 nitrogen and oxygen atoms in total. The van der Waals surface area contributed by atoms with E-state index in [9.17, 15) is 0 Å². The molecule has 0 saturated heterocycles. The minimum Gasteiger partial charge on any atom is -0.0651 e. The summed E-state index contributed by atoms with van der Waals surface area (Å²) in [5, 5.41) is 5.28. The highest BCUT2D eigenvalue weighted by molar-refractivity contribution is 6.00. The van der Waals surface area contributed by atoms with Crippen LogP contribution in [0.4, 0.5) is 0 Å². The highest BCUT2D eigenvalue weighted by Crippen LogP contribution is 2.34. The molecule has 0 amide bonds. The first kappa shape index (κ1) is 14.0. The molecular formula is C23H20. The summed E-state index contributed by atoms with van der Waals surface area (Å²) in [6, 6.07) is 28.7. The van der Waals surface area contributed by atoms with Crippen molar-refractivity contribution in [2.45, 2.75) is 19.8 Å². The summed E-state index contributed by atoms with van der Waals surface area (Å²) in [4.78, 5) is 0. The van der Waals surface area contributed by atoms with Crippen LogP contribution in [-0.2, 0) is 6.42 Å². The maximum atomic E-state index is 2.33. The summed E-state index contributed by atoms with van der Waals surface area (Å²) in [6.07, 6.45) is 2.28. The molecule has 0 radical (unpaired) electrons. The molecule has 23 heavy (non-hydrogen) atoms. The third-order valence-corrected chi connectivity index (χ3v) is 4.57. The molecule has 0 N–H and O–H groups in total. The van der Waals surface area contributed by atoms with Gasteiger partial charge in [-0.15, -0.1) is 0 Å². The van der Waals surface area contributed by atoms with Gasteiger partial charge in [-0.05, 0) is 50.7 Å². The standard InChI is InChI=1S/C23H20/c1-2-7-19-14-13-18-9-5-6-11-22(18)23(19)21-15-12-17-8-3-4-10-20(17)16-21/h3-6,8-16H,2,7H2,1H3. The van der Waals surface area contributed by atoms with Crippen LogP contribution < -0.4 is 0 Å². The molecule has 0 fully saturated rings. The Balaban J connectivity index is 2.02. The third kappa shape index (κ3) is 2.51. The third-order valence-electron chi connectivity index (χ3n) is 4.57. The van der Waals surface area contributed by atoms with Crippen molar-refractivity contribution in [2.24, 2.45) is 0 Å². The number of benzene rings is 4. The number of hydrogen-bond acceptors (Lipinski definition) is 0. The highest BCUT2D eigenvalue weighted by Gasteiger charge is 2.10. The predicted octanol–water partition coefficient (Wildman–Crippen LogP) is 6.61. The molecule has 0 aliphatic carbocycles. The lowest BCUT2D eigenvalue weighted by molar-refractivity contribution is 0.925. The largest absolute Gasteiger partial charge is 0.0651 e. The zero-order valence-electron chi connectivity index (χ0n) is 13.4. The van der Waals surface area contributed by atoms with Crippen molar-refractivity contribution < 1.29 is 0 Å². The fourth-order valence-corrected chi connectivity index (χ4v) is 3.48. The Labute approximate surface area is 137 Å². The summed E-state index contributed by atoms with van der Waals surface area (Å²) in [7, 11) is 0. The Bertz CT molecular complexity index is 979. The normalized spacial score (nSPS) is 11.2.